The molecule has 0 spiro atoms. The number of thiol groups is 1. The molecular formula is C11H15N3O3S. The van der Waals surface area contributed by atoms with Gasteiger partial charge in [-0.2, -0.15) is 12.6 Å². The van der Waals surface area contributed by atoms with E-state index in [2.05, 4.69) is 17.6 Å². The Bertz CT molecular complexity index is 453. The zero-order chi connectivity index (χ0) is 13.7. The maximum absolute atomic E-state index is 12.1. The Morgan fingerprint density at radius 3 is 2.78 bits per heavy atom. The highest BCUT2D eigenvalue weighted by Crippen LogP contribution is 2.17. The van der Waals surface area contributed by atoms with E-state index in [0.717, 1.165) is 4.90 Å². The third-order valence-electron chi connectivity index (χ3n) is 2.30. The van der Waals surface area contributed by atoms with Crippen LogP contribution < -0.4 is 10.6 Å². The van der Waals surface area contributed by atoms with Crippen molar-refractivity contribution >= 4 is 36.0 Å². The monoisotopic (exact) mass is 269 g/mol. The molecule has 0 aromatic carbocycles. The summed E-state index contributed by atoms with van der Waals surface area (Å²) in [6.45, 7) is 1.23. The summed E-state index contributed by atoms with van der Waals surface area (Å²) in [7, 11) is 0. The molecule has 1 heterocycles. The molecule has 1 aromatic heterocycles. The number of anilines is 2. The summed E-state index contributed by atoms with van der Waals surface area (Å²) in [4.78, 5) is 27.9. The number of hydrogen-bond donors (Lipinski definition) is 3. The first-order chi connectivity index (χ1) is 8.45. The number of nitrogens with zero attached hydrogens (tertiary/aromatic N) is 2. The van der Waals surface area contributed by atoms with Crippen molar-refractivity contribution in [1.82, 2.24) is 4.98 Å². The van der Waals surface area contributed by atoms with Crippen molar-refractivity contribution in [2.75, 3.05) is 22.9 Å². The van der Waals surface area contributed by atoms with Crippen LogP contribution in [0.25, 0.3) is 0 Å². The molecule has 6 nitrogen and oxygen atoms in total. The number of carbonyl (C=O) groups excluding carboxylic acids is 1. The molecule has 0 fully saturated rings. The second-order valence-corrected chi connectivity index (χ2v) is 4.21. The zero-order valence-corrected chi connectivity index (χ0v) is 10.8. The van der Waals surface area contributed by atoms with Crippen molar-refractivity contribution in [2.24, 2.45) is 5.92 Å². The molecule has 1 unspecified atom stereocenters. The second kappa shape index (κ2) is 6.25. The van der Waals surface area contributed by atoms with Gasteiger partial charge in [0, 0.05) is 29.6 Å². The Hall–Kier alpha value is -1.76. The quantitative estimate of drug-likeness (QED) is 0.682. The van der Waals surface area contributed by atoms with Gasteiger partial charge in [0.25, 0.3) is 0 Å². The van der Waals surface area contributed by atoms with Crippen molar-refractivity contribution in [2.45, 2.75) is 6.92 Å². The number of carboxylic acids is 1. The van der Waals surface area contributed by atoms with Crippen LogP contribution in [0.4, 0.5) is 11.5 Å². The summed E-state index contributed by atoms with van der Waals surface area (Å²) in [6, 6.07) is 3.03. The molecule has 0 radical (unpaired) electrons. The standard InChI is InChI=1S/C11H15N3O3S/c1-7(6-18)11(17)14(5-10(15)16)9-4-8(12)2-3-13-9/h2-4,7,18H,5-6H2,1H3,(H2,12,13)(H,15,16). The number of carbonyl (C=O) groups is 2. The first-order valence-electron chi connectivity index (χ1n) is 5.31. The van der Waals surface area contributed by atoms with Crippen molar-refractivity contribution < 1.29 is 14.7 Å². The predicted octanol–water partition coefficient (Wildman–Crippen LogP) is 0.647. The highest BCUT2D eigenvalue weighted by molar-refractivity contribution is 7.80. The summed E-state index contributed by atoms with van der Waals surface area (Å²) in [5, 5.41) is 8.85. The number of pyridine rings is 1. The fourth-order valence-electron chi connectivity index (χ4n) is 1.33. The van der Waals surface area contributed by atoms with E-state index in [4.69, 9.17) is 10.8 Å². The highest BCUT2D eigenvalue weighted by atomic mass is 32.1. The smallest absolute Gasteiger partial charge is 0.323 e. The maximum atomic E-state index is 12.1. The topological polar surface area (TPSA) is 96.5 Å². The van der Waals surface area contributed by atoms with Crippen molar-refractivity contribution in [1.29, 1.82) is 0 Å². The van der Waals surface area contributed by atoms with Gasteiger partial charge in [-0.1, -0.05) is 6.92 Å². The molecule has 0 aliphatic heterocycles. The van der Waals surface area contributed by atoms with Crippen LogP contribution >= 0.6 is 12.6 Å². The maximum Gasteiger partial charge on any atom is 0.323 e. The van der Waals surface area contributed by atoms with Crippen LogP contribution in [0.15, 0.2) is 18.3 Å². The average molecular weight is 269 g/mol. The summed E-state index contributed by atoms with van der Waals surface area (Å²) >= 11 is 4.03. The third-order valence-corrected chi connectivity index (χ3v) is 2.85. The molecule has 18 heavy (non-hydrogen) atoms. The fraction of sp³-hybridized carbons (Fsp3) is 0.364. The van der Waals surface area contributed by atoms with Crippen LogP contribution in [0, 0.1) is 5.92 Å². The summed E-state index contributed by atoms with van der Waals surface area (Å²) in [5.41, 5.74) is 6.01. The molecule has 1 aromatic rings. The highest BCUT2D eigenvalue weighted by Gasteiger charge is 2.24. The Kier molecular flexibility index (Phi) is 4.96. The molecule has 0 aliphatic carbocycles. The summed E-state index contributed by atoms with van der Waals surface area (Å²) < 4.78 is 0. The SMILES string of the molecule is CC(CS)C(=O)N(CC(=O)O)c1cc(N)ccn1. The van der Waals surface area contributed by atoms with Gasteiger partial charge in [-0.25, -0.2) is 4.98 Å². The van der Waals surface area contributed by atoms with Gasteiger partial charge in [-0.3, -0.25) is 14.5 Å². The van der Waals surface area contributed by atoms with Crippen molar-refractivity contribution in [3.8, 4) is 0 Å². The molecule has 0 saturated heterocycles. The number of rotatable bonds is 5. The lowest BCUT2D eigenvalue weighted by Gasteiger charge is -2.22. The lowest BCUT2D eigenvalue weighted by molar-refractivity contribution is -0.137. The number of hydrogen-bond acceptors (Lipinski definition) is 5. The molecule has 0 saturated carbocycles. The molecule has 1 rings (SSSR count). The second-order valence-electron chi connectivity index (χ2n) is 3.85. The Labute approximate surface area is 110 Å². The van der Waals surface area contributed by atoms with E-state index in [1.165, 1.54) is 12.3 Å². The molecule has 98 valence electrons. The number of carboxylic acid groups (broad SMARTS) is 1. The van der Waals surface area contributed by atoms with Gasteiger partial charge in [0.15, 0.2) is 0 Å². The molecule has 1 amide bonds. The van der Waals surface area contributed by atoms with Gasteiger partial charge < -0.3 is 10.8 Å². The van der Waals surface area contributed by atoms with Crippen LogP contribution in [0.1, 0.15) is 6.92 Å². The number of aliphatic carboxylic acids is 1. The molecule has 3 N–H and O–H groups in total. The van der Waals surface area contributed by atoms with Gasteiger partial charge in [-0.15, -0.1) is 0 Å². The minimum atomic E-state index is -1.11. The number of aromatic nitrogens is 1. The van der Waals surface area contributed by atoms with Crippen LogP contribution in [0.2, 0.25) is 0 Å². The van der Waals surface area contributed by atoms with Crippen molar-refractivity contribution in [3.05, 3.63) is 18.3 Å². The van der Waals surface area contributed by atoms with E-state index in [-0.39, 0.29) is 11.7 Å². The number of nitrogen functional groups attached to an aromatic ring is 1. The van der Waals surface area contributed by atoms with Crippen molar-refractivity contribution in [3.63, 3.8) is 0 Å². The minimum absolute atomic E-state index is 0.232. The summed E-state index contributed by atoms with van der Waals surface area (Å²) in [6.07, 6.45) is 1.43. The lowest BCUT2D eigenvalue weighted by Crippen LogP contribution is -2.40. The Morgan fingerprint density at radius 2 is 2.28 bits per heavy atom. The van der Waals surface area contributed by atoms with Gasteiger partial charge in [-0.05, 0) is 6.07 Å². The van der Waals surface area contributed by atoms with Gasteiger partial charge >= 0.3 is 5.97 Å². The number of amides is 1. The molecule has 0 bridgehead atoms. The minimum Gasteiger partial charge on any atom is -0.480 e. The normalized spacial score (nSPS) is 11.9. The van der Waals surface area contributed by atoms with Gasteiger partial charge in [0.05, 0.1) is 0 Å². The molecule has 1 atom stereocenters. The first-order valence-corrected chi connectivity index (χ1v) is 5.94. The van der Waals surface area contributed by atoms with E-state index < -0.39 is 18.4 Å². The van der Waals surface area contributed by atoms with Gasteiger partial charge in [0.2, 0.25) is 5.91 Å². The van der Waals surface area contributed by atoms with Crippen LogP contribution in [-0.4, -0.2) is 34.3 Å². The van der Waals surface area contributed by atoms with E-state index in [1.54, 1.807) is 13.0 Å². The predicted molar refractivity (Wildman–Crippen MR) is 71.7 cm³/mol. The first kappa shape index (κ1) is 14.3. The lowest BCUT2D eigenvalue weighted by atomic mass is 10.2. The van der Waals surface area contributed by atoms with E-state index in [0.29, 0.717) is 11.4 Å². The van der Waals surface area contributed by atoms with E-state index >= 15 is 0 Å². The zero-order valence-electron chi connectivity index (χ0n) is 9.91. The Morgan fingerprint density at radius 1 is 1.61 bits per heavy atom. The molecule has 7 heteroatoms. The Balaban J connectivity index is 3.05. The van der Waals surface area contributed by atoms with Crippen LogP contribution in [-0.2, 0) is 9.59 Å². The van der Waals surface area contributed by atoms with Gasteiger partial charge in [0.1, 0.15) is 12.4 Å². The number of nitrogens with two attached hydrogens (primary N) is 1. The largest absolute Gasteiger partial charge is 0.480 e. The third kappa shape index (κ3) is 3.63. The molecular weight excluding hydrogens is 254 g/mol. The van der Waals surface area contributed by atoms with Crippen LogP contribution in [0.3, 0.4) is 0 Å². The summed E-state index contributed by atoms with van der Waals surface area (Å²) in [5.74, 6) is -1.28. The fourth-order valence-corrected chi connectivity index (χ4v) is 1.49. The molecule has 0 aliphatic rings. The van der Waals surface area contributed by atoms with E-state index in [9.17, 15) is 9.59 Å². The van der Waals surface area contributed by atoms with E-state index in [1.807, 2.05) is 0 Å². The van der Waals surface area contributed by atoms with Crippen LogP contribution in [0.5, 0.6) is 0 Å². The average Bonchev–Trinajstić information content (AvgIpc) is 2.34.